The van der Waals surface area contributed by atoms with Gasteiger partial charge in [0.25, 0.3) is 5.91 Å². The molecule has 0 saturated carbocycles. The molecule has 0 radical (unpaired) electrons. The van der Waals surface area contributed by atoms with Gasteiger partial charge in [-0.25, -0.2) is 0 Å². The van der Waals surface area contributed by atoms with Gasteiger partial charge in [-0.1, -0.05) is 13.8 Å². The number of nitrogens with one attached hydrogen (secondary N) is 1. The molecule has 18 heavy (non-hydrogen) atoms. The smallest absolute Gasteiger partial charge is 0.258 e. The van der Waals surface area contributed by atoms with Gasteiger partial charge >= 0.3 is 0 Å². The van der Waals surface area contributed by atoms with Gasteiger partial charge in [-0.15, -0.1) is 0 Å². The molecule has 4 nitrogen and oxygen atoms in total. The molecule has 0 saturated heterocycles. The van der Waals surface area contributed by atoms with Crippen LogP contribution in [0.25, 0.3) is 0 Å². The Labute approximate surface area is 108 Å². The highest BCUT2D eigenvalue weighted by molar-refractivity contribution is 5.77. The summed E-state index contributed by atoms with van der Waals surface area (Å²) >= 11 is 0. The Morgan fingerprint density at radius 3 is 2.44 bits per heavy atom. The summed E-state index contributed by atoms with van der Waals surface area (Å²) in [5.74, 6) is 0.839. The van der Waals surface area contributed by atoms with Crippen molar-refractivity contribution in [3.05, 3.63) is 29.8 Å². The molecule has 0 aliphatic heterocycles. The molecular weight excluding hydrogens is 228 g/mol. The minimum Gasteiger partial charge on any atom is -0.484 e. The first-order valence-corrected chi connectivity index (χ1v) is 5.95. The first-order chi connectivity index (χ1) is 8.52. The van der Waals surface area contributed by atoms with E-state index >= 15 is 0 Å². The quantitative estimate of drug-likeness (QED) is 0.865. The summed E-state index contributed by atoms with van der Waals surface area (Å²) in [6.45, 7) is 6.05. The molecule has 1 amide bonds. The molecule has 1 aromatic rings. The van der Waals surface area contributed by atoms with Gasteiger partial charge < -0.3 is 10.1 Å². The number of rotatable bonds is 5. The molecule has 1 N–H and O–H groups in total. The number of amides is 1. The summed E-state index contributed by atoms with van der Waals surface area (Å²) in [6.07, 6.45) is 0. The Kier molecular flexibility index (Phi) is 5.19. The third-order valence-electron chi connectivity index (χ3n) is 2.74. The molecule has 1 atom stereocenters. The predicted octanol–water partition coefficient (Wildman–Crippen LogP) is 2.10. The van der Waals surface area contributed by atoms with E-state index in [1.165, 1.54) is 0 Å². The summed E-state index contributed by atoms with van der Waals surface area (Å²) in [7, 11) is 0. The number of hydrogen-bond donors (Lipinski definition) is 1. The normalized spacial score (nSPS) is 11.7. The Morgan fingerprint density at radius 2 is 1.94 bits per heavy atom. The first-order valence-electron chi connectivity index (χ1n) is 5.95. The molecule has 0 bridgehead atoms. The van der Waals surface area contributed by atoms with Gasteiger partial charge in [0.15, 0.2) is 6.61 Å². The molecule has 1 aromatic carbocycles. The molecule has 1 unspecified atom stereocenters. The summed E-state index contributed by atoms with van der Waals surface area (Å²) in [6, 6.07) is 8.82. The summed E-state index contributed by atoms with van der Waals surface area (Å²) in [4.78, 5) is 11.6. The second kappa shape index (κ2) is 6.65. The minimum absolute atomic E-state index is 0.0110. The van der Waals surface area contributed by atoms with Crippen molar-refractivity contribution in [2.75, 3.05) is 6.61 Å². The van der Waals surface area contributed by atoms with Crippen molar-refractivity contribution < 1.29 is 9.53 Å². The van der Waals surface area contributed by atoms with Crippen LogP contribution in [0.3, 0.4) is 0 Å². The zero-order chi connectivity index (χ0) is 13.5. The number of carbonyl (C=O) groups is 1. The van der Waals surface area contributed by atoms with E-state index in [9.17, 15) is 4.79 Å². The van der Waals surface area contributed by atoms with E-state index in [0.717, 1.165) is 0 Å². The van der Waals surface area contributed by atoms with Crippen molar-refractivity contribution in [1.82, 2.24) is 5.32 Å². The average Bonchev–Trinajstić information content (AvgIpc) is 2.36. The molecule has 0 aromatic heterocycles. The van der Waals surface area contributed by atoms with Gasteiger partial charge in [0.1, 0.15) is 5.75 Å². The average molecular weight is 246 g/mol. The van der Waals surface area contributed by atoms with E-state index in [1.54, 1.807) is 24.3 Å². The maximum Gasteiger partial charge on any atom is 0.258 e. The van der Waals surface area contributed by atoms with Gasteiger partial charge in [-0.3, -0.25) is 4.79 Å². The highest BCUT2D eigenvalue weighted by Crippen LogP contribution is 2.11. The van der Waals surface area contributed by atoms with Gasteiger partial charge in [0.05, 0.1) is 11.6 Å². The number of nitriles is 1. The van der Waals surface area contributed by atoms with Crippen LogP contribution in [-0.2, 0) is 4.79 Å². The van der Waals surface area contributed by atoms with Gasteiger partial charge in [-0.2, -0.15) is 5.26 Å². The lowest BCUT2D eigenvalue weighted by molar-refractivity contribution is -0.124. The monoisotopic (exact) mass is 246 g/mol. The third-order valence-corrected chi connectivity index (χ3v) is 2.74. The van der Waals surface area contributed by atoms with Crippen LogP contribution in [0.5, 0.6) is 5.75 Å². The third kappa shape index (κ3) is 4.46. The summed E-state index contributed by atoms with van der Waals surface area (Å²) in [5.41, 5.74) is 0.570. The van der Waals surface area contributed by atoms with Crippen molar-refractivity contribution in [3.63, 3.8) is 0 Å². The maximum atomic E-state index is 11.6. The van der Waals surface area contributed by atoms with Crippen LogP contribution in [-0.4, -0.2) is 18.6 Å². The predicted molar refractivity (Wildman–Crippen MR) is 69.1 cm³/mol. The van der Waals surface area contributed by atoms with Crippen LogP contribution in [0.15, 0.2) is 24.3 Å². The minimum atomic E-state index is -0.138. The number of nitrogens with zero attached hydrogens (tertiary/aromatic N) is 1. The van der Waals surface area contributed by atoms with E-state index in [-0.39, 0.29) is 18.6 Å². The Bertz CT molecular complexity index is 432. The number of ether oxygens (including phenoxy) is 1. The zero-order valence-corrected chi connectivity index (χ0v) is 10.9. The van der Waals surface area contributed by atoms with Gasteiger partial charge in [-0.05, 0) is 37.1 Å². The van der Waals surface area contributed by atoms with Crippen LogP contribution in [0.4, 0.5) is 0 Å². The van der Waals surface area contributed by atoms with Crippen LogP contribution in [0, 0.1) is 17.2 Å². The molecular formula is C14H18N2O2. The van der Waals surface area contributed by atoms with Crippen LogP contribution < -0.4 is 10.1 Å². The fourth-order valence-corrected chi connectivity index (χ4v) is 1.24. The summed E-state index contributed by atoms with van der Waals surface area (Å²) < 4.78 is 5.33. The molecule has 0 fully saturated rings. The molecule has 1 rings (SSSR count). The molecule has 4 heteroatoms. The molecule has 0 aliphatic carbocycles. The van der Waals surface area contributed by atoms with Gasteiger partial charge in [0, 0.05) is 6.04 Å². The van der Waals surface area contributed by atoms with Crippen molar-refractivity contribution >= 4 is 5.91 Å². The lowest BCUT2D eigenvalue weighted by Crippen LogP contribution is -2.38. The SMILES string of the molecule is CC(C)C(C)NC(=O)COc1ccc(C#N)cc1. The Balaban J connectivity index is 2.40. The van der Waals surface area contributed by atoms with Crippen LogP contribution in [0.2, 0.25) is 0 Å². The van der Waals surface area contributed by atoms with Crippen molar-refractivity contribution in [3.8, 4) is 11.8 Å². The second-order valence-electron chi connectivity index (χ2n) is 4.53. The lowest BCUT2D eigenvalue weighted by Gasteiger charge is -2.17. The van der Waals surface area contributed by atoms with Gasteiger partial charge in [0.2, 0.25) is 0 Å². The van der Waals surface area contributed by atoms with Crippen molar-refractivity contribution in [2.45, 2.75) is 26.8 Å². The topological polar surface area (TPSA) is 62.1 Å². The Hall–Kier alpha value is -2.02. The zero-order valence-electron chi connectivity index (χ0n) is 10.9. The van der Waals surface area contributed by atoms with Crippen LogP contribution in [0.1, 0.15) is 26.3 Å². The molecule has 0 spiro atoms. The molecule has 0 aliphatic rings. The van der Waals surface area contributed by atoms with E-state index in [4.69, 9.17) is 10.00 Å². The fraction of sp³-hybridized carbons (Fsp3) is 0.429. The lowest BCUT2D eigenvalue weighted by atomic mass is 10.1. The number of carbonyl (C=O) groups excluding carboxylic acids is 1. The van der Waals surface area contributed by atoms with E-state index < -0.39 is 0 Å². The summed E-state index contributed by atoms with van der Waals surface area (Å²) in [5, 5.41) is 11.5. The standard InChI is InChI=1S/C14H18N2O2/c1-10(2)11(3)16-14(17)9-18-13-6-4-12(8-15)5-7-13/h4-7,10-11H,9H2,1-3H3,(H,16,17). The largest absolute Gasteiger partial charge is 0.484 e. The first kappa shape index (κ1) is 14.0. The van der Waals surface area contributed by atoms with E-state index in [1.807, 2.05) is 26.8 Å². The van der Waals surface area contributed by atoms with Crippen molar-refractivity contribution in [1.29, 1.82) is 5.26 Å². The number of benzene rings is 1. The van der Waals surface area contributed by atoms with Crippen molar-refractivity contribution in [2.24, 2.45) is 5.92 Å². The van der Waals surface area contributed by atoms with E-state index in [2.05, 4.69) is 5.32 Å². The Morgan fingerprint density at radius 1 is 1.33 bits per heavy atom. The second-order valence-corrected chi connectivity index (χ2v) is 4.53. The van der Waals surface area contributed by atoms with Crippen LogP contribution >= 0.6 is 0 Å². The molecule has 0 heterocycles. The maximum absolute atomic E-state index is 11.6. The fourth-order valence-electron chi connectivity index (χ4n) is 1.24. The van der Waals surface area contributed by atoms with E-state index in [0.29, 0.717) is 17.2 Å². The highest BCUT2D eigenvalue weighted by Gasteiger charge is 2.10. The number of hydrogen-bond acceptors (Lipinski definition) is 3. The highest BCUT2D eigenvalue weighted by atomic mass is 16.5. The molecule has 96 valence electrons.